The highest BCUT2D eigenvalue weighted by Crippen LogP contribution is 2.39. The number of fused-ring (bicyclic) bond motifs is 2. The fourth-order valence-electron chi connectivity index (χ4n) is 5.43. The van der Waals surface area contributed by atoms with Gasteiger partial charge in [-0.25, -0.2) is 5.01 Å². The number of benzene rings is 3. The van der Waals surface area contributed by atoms with E-state index in [9.17, 15) is 9.59 Å². The molecule has 0 aliphatic carbocycles. The van der Waals surface area contributed by atoms with Gasteiger partial charge in [0.1, 0.15) is 0 Å². The Morgan fingerprint density at radius 2 is 1.75 bits per heavy atom. The van der Waals surface area contributed by atoms with E-state index in [0.29, 0.717) is 28.7 Å². The van der Waals surface area contributed by atoms with Gasteiger partial charge in [0.2, 0.25) is 0 Å². The highest BCUT2D eigenvalue weighted by atomic mass is 16.3. The summed E-state index contributed by atoms with van der Waals surface area (Å²) < 4.78 is 5.45. The molecule has 0 fully saturated rings. The average molecular weight is 526 g/mol. The highest BCUT2D eigenvalue weighted by Gasteiger charge is 2.37. The average Bonchev–Trinajstić information content (AvgIpc) is 3.67. The summed E-state index contributed by atoms with van der Waals surface area (Å²) in [5.74, 6) is -0.243. The predicted molar refractivity (Wildman–Crippen MR) is 153 cm³/mol. The minimum atomic E-state index is -0.523. The van der Waals surface area contributed by atoms with E-state index in [1.54, 1.807) is 24.5 Å². The number of aryl methyl sites for hydroxylation is 1. The van der Waals surface area contributed by atoms with Gasteiger partial charge in [-0.2, -0.15) is 5.10 Å². The van der Waals surface area contributed by atoms with Gasteiger partial charge in [-0.1, -0.05) is 60.2 Å². The van der Waals surface area contributed by atoms with Crippen LogP contribution in [0.15, 0.2) is 112 Å². The van der Waals surface area contributed by atoms with Crippen LogP contribution in [-0.4, -0.2) is 31.6 Å². The monoisotopic (exact) mass is 525 g/mol. The van der Waals surface area contributed by atoms with Gasteiger partial charge in [0.05, 0.1) is 34.6 Å². The largest absolute Gasteiger partial charge is 0.459 e. The van der Waals surface area contributed by atoms with E-state index in [2.05, 4.69) is 15.0 Å². The number of furan rings is 1. The van der Waals surface area contributed by atoms with Gasteiger partial charge < -0.3 is 9.40 Å². The first-order valence-corrected chi connectivity index (χ1v) is 12.9. The van der Waals surface area contributed by atoms with Crippen LogP contribution in [0.3, 0.4) is 0 Å². The second-order valence-electron chi connectivity index (χ2n) is 9.78. The molecule has 1 N–H and O–H groups in total. The van der Waals surface area contributed by atoms with Gasteiger partial charge in [-0.3, -0.25) is 19.6 Å². The minimum absolute atomic E-state index is 0.160. The Bertz CT molecular complexity index is 1990. The molecular weight excluding hydrogens is 502 g/mol. The van der Waals surface area contributed by atoms with Gasteiger partial charge >= 0.3 is 5.91 Å². The second-order valence-corrected chi connectivity index (χ2v) is 9.78. The first kappa shape index (κ1) is 23.7. The van der Waals surface area contributed by atoms with Crippen LogP contribution in [0, 0.1) is 6.92 Å². The topological polar surface area (TPSA) is 104 Å². The normalized spacial score (nSPS) is 15.1. The maximum Gasteiger partial charge on any atom is 0.310 e. The SMILES string of the molecule is Cc1ccc(-c2c(C3=NN(C(=O)c4ccco4)[C@@H](c4cccc5nccnc45)C3)c(=O)[nH]c3ccccc23)cc1. The van der Waals surface area contributed by atoms with Crippen molar-refractivity contribution in [3.8, 4) is 11.1 Å². The number of aromatic amines is 1. The lowest BCUT2D eigenvalue weighted by atomic mass is 9.90. The van der Waals surface area contributed by atoms with Crippen molar-refractivity contribution in [3.05, 3.63) is 130 Å². The lowest BCUT2D eigenvalue weighted by molar-refractivity contribution is 0.0679. The van der Waals surface area contributed by atoms with Crippen LogP contribution in [-0.2, 0) is 0 Å². The van der Waals surface area contributed by atoms with Crippen molar-refractivity contribution < 1.29 is 9.21 Å². The summed E-state index contributed by atoms with van der Waals surface area (Å²) in [5.41, 5.74) is 6.38. The van der Waals surface area contributed by atoms with Crippen molar-refractivity contribution in [3.63, 3.8) is 0 Å². The fraction of sp³-hybridized carbons (Fsp3) is 0.0938. The van der Waals surface area contributed by atoms with E-state index in [0.717, 1.165) is 33.2 Å². The molecule has 8 nitrogen and oxygen atoms in total. The van der Waals surface area contributed by atoms with Crippen molar-refractivity contribution in [1.82, 2.24) is 20.0 Å². The van der Waals surface area contributed by atoms with Crippen molar-refractivity contribution in [2.24, 2.45) is 5.10 Å². The second kappa shape index (κ2) is 9.43. The number of nitrogens with one attached hydrogen (secondary N) is 1. The zero-order valence-electron chi connectivity index (χ0n) is 21.5. The Morgan fingerprint density at radius 3 is 2.58 bits per heavy atom. The van der Waals surface area contributed by atoms with Crippen LogP contribution in [0.1, 0.15) is 39.7 Å². The summed E-state index contributed by atoms with van der Waals surface area (Å²) in [5, 5.41) is 7.13. The summed E-state index contributed by atoms with van der Waals surface area (Å²) in [6, 6.07) is 24.2. The van der Waals surface area contributed by atoms with Gasteiger partial charge in [-0.05, 0) is 36.8 Å². The van der Waals surface area contributed by atoms with Crippen molar-refractivity contribution >= 4 is 33.6 Å². The van der Waals surface area contributed by atoms with Crippen LogP contribution < -0.4 is 5.56 Å². The van der Waals surface area contributed by atoms with Gasteiger partial charge in [-0.15, -0.1) is 0 Å². The molecular formula is C32H23N5O3. The van der Waals surface area contributed by atoms with Crippen LogP contribution in [0.5, 0.6) is 0 Å². The summed E-state index contributed by atoms with van der Waals surface area (Å²) in [6.07, 6.45) is 5.03. The number of para-hydroxylation sites is 2. The van der Waals surface area contributed by atoms with Gasteiger partial charge in [0.25, 0.3) is 5.56 Å². The van der Waals surface area contributed by atoms with Crippen LogP contribution in [0.2, 0.25) is 0 Å². The summed E-state index contributed by atoms with van der Waals surface area (Å²) >= 11 is 0. The number of pyridine rings is 1. The standard InChI is InChI=1S/C32H23N5O3/c1-19-11-13-20(14-12-19)28-21-6-2-3-8-23(21)35-31(38)29(28)25-18-26(37(36-25)32(39)27-10-5-17-40-27)22-7-4-9-24-30(22)34-16-15-33-24/h2-17,26H,18H2,1H3,(H,35,38)/t26-/m1/s1. The van der Waals surface area contributed by atoms with E-state index < -0.39 is 11.9 Å². The minimum Gasteiger partial charge on any atom is -0.459 e. The van der Waals surface area contributed by atoms with Crippen LogP contribution in [0.4, 0.5) is 0 Å². The number of H-pyrrole nitrogens is 1. The third-order valence-corrected chi connectivity index (χ3v) is 7.29. The molecule has 1 amide bonds. The predicted octanol–water partition coefficient (Wildman–Crippen LogP) is 6.03. The van der Waals surface area contributed by atoms with Crippen molar-refractivity contribution in [1.29, 1.82) is 0 Å². The molecule has 6 aromatic rings. The lowest BCUT2D eigenvalue weighted by Crippen LogP contribution is -2.27. The molecule has 1 aliphatic rings. The molecule has 4 heterocycles. The smallest absolute Gasteiger partial charge is 0.310 e. The van der Waals surface area contributed by atoms with Gasteiger partial charge in [0.15, 0.2) is 5.76 Å². The third kappa shape index (κ3) is 3.89. The molecule has 0 spiro atoms. The molecule has 0 bridgehead atoms. The highest BCUT2D eigenvalue weighted by molar-refractivity contribution is 6.13. The van der Waals surface area contributed by atoms with Gasteiger partial charge in [0, 0.05) is 40.8 Å². The Hall–Kier alpha value is -5.37. The molecule has 0 saturated carbocycles. The summed E-state index contributed by atoms with van der Waals surface area (Å²) in [4.78, 5) is 39.5. The van der Waals surface area contributed by atoms with Crippen molar-refractivity contribution in [2.45, 2.75) is 19.4 Å². The Balaban J connectivity index is 1.46. The first-order chi connectivity index (χ1) is 19.6. The maximum absolute atomic E-state index is 13.8. The number of hydrazone groups is 1. The summed E-state index contributed by atoms with van der Waals surface area (Å²) in [6.45, 7) is 2.03. The van der Waals surface area contributed by atoms with E-state index in [4.69, 9.17) is 9.52 Å². The van der Waals surface area contributed by atoms with E-state index >= 15 is 0 Å². The lowest BCUT2D eigenvalue weighted by Gasteiger charge is -2.21. The number of rotatable bonds is 4. The molecule has 194 valence electrons. The third-order valence-electron chi connectivity index (χ3n) is 7.29. The molecule has 0 saturated heterocycles. The maximum atomic E-state index is 13.8. The Morgan fingerprint density at radius 1 is 0.925 bits per heavy atom. The number of hydrogen-bond donors (Lipinski definition) is 1. The van der Waals surface area contributed by atoms with Crippen LogP contribution >= 0.6 is 0 Å². The number of aromatic nitrogens is 3. The van der Waals surface area contributed by atoms with Crippen LogP contribution in [0.25, 0.3) is 33.1 Å². The molecule has 40 heavy (non-hydrogen) atoms. The first-order valence-electron chi connectivity index (χ1n) is 12.9. The molecule has 7 rings (SSSR count). The number of hydrogen-bond acceptors (Lipinski definition) is 6. The molecule has 0 unspecified atom stereocenters. The number of carbonyl (C=O) groups excluding carboxylic acids is 1. The number of carbonyl (C=O) groups is 1. The van der Waals surface area contributed by atoms with E-state index in [1.807, 2.05) is 73.7 Å². The molecule has 3 aromatic carbocycles. The zero-order chi connectivity index (χ0) is 27.2. The van der Waals surface area contributed by atoms with E-state index in [-0.39, 0.29) is 11.3 Å². The number of nitrogens with zero attached hydrogens (tertiary/aromatic N) is 4. The number of amides is 1. The Kier molecular flexibility index (Phi) is 5.59. The molecule has 8 heteroatoms. The molecule has 1 aliphatic heterocycles. The molecule has 1 atom stereocenters. The molecule has 3 aromatic heterocycles. The quantitative estimate of drug-likeness (QED) is 0.303. The van der Waals surface area contributed by atoms with Crippen molar-refractivity contribution in [2.75, 3.05) is 0 Å². The van der Waals surface area contributed by atoms with E-state index in [1.165, 1.54) is 11.3 Å². The fourth-order valence-corrected chi connectivity index (χ4v) is 5.43. The summed E-state index contributed by atoms with van der Waals surface area (Å²) in [7, 11) is 0. The molecule has 0 radical (unpaired) electrons. The zero-order valence-corrected chi connectivity index (χ0v) is 21.5. The Labute approximate surface area is 228 Å².